The smallest absolute Gasteiger partial charge is 0.227 e. The third kappa shape index (κ3) is 2.87. The average molecular weight is 300 g/mol. The fourth-order valence-corrected chi connectivity index (χ4v) is 3.72. The summed E-state index contributed by atoms with van der Waals surface area (Å²) < 4.78 is 5.30. The van der Waals surface area contributed by atoms with Crippen LogP contribution in [0.3, 0.4) is 0 Å². The number of aromatic nitrogens is 1. The van der Waals surface area contributed by atoms with Gasteiger partial charge in [0.25, 0.3) is 0 Å². The average Bonchev–Trinajstić information content (AvgIpc) is 2.96. The zero-order chi connectivity index (χ0) is 15.7. The molecule has 1 amide bonds. The van der Waals surface area contributed by atoms with Crippen LogP contribution in [0.1, 0.15) is 40.0 Å². The van der Waals surface area contributed by atoms with Gasteiger partial charge >= 0.3 is 0 Å². The second kappa shape index (κ2) is 6.11. The highest BCUT2D eigenvalue weighted by molar-refractivity contribution is 5.99. The first-order valence-corrected chi connectivity index (χ1v) is 8.19. The minimum atomic E-state index is 0.0888. The highest BCUT2D eigenvalue weighted by atomic mass is 16.3. The molecule has 118 valence electrons. The number of hydrogen-bond acceptors (Lipinski definition) is 3. The first-order chi connectivity index (χ1) is 10.6. The summed E-state index contributed by atoms with van der Waals surface area (Å²) >= 11 is 0. The van der Waals surface area contributed by atoms with Crippen molar-refractivity contribution in [2.24, 2.45) is 23.7 Å². The third-order valence-electron chi connectivity index (χ3n) is 4.98. The standard InChI is InChI=1S/C18H24N2O2/c1-11(2)13-8-7-12(3)9-14(13)18(21)20-15-5-4-6-16-17(15)19-10-22-16/h4-6,10-14H,7-9H2,1-3H3,(H,20,21). The second-order valence-electron chi connectivity index (χ2n) is 6.93. The number of amides is 1. The molecule has 3 atom stereocenters. The van der Waals surface area contributed by atoms with E-state index in [0.717, 1.165) is 24.0 Å². The van der Waals surface area contributed by atoms with Crippen LogP contribution in [0.4, 0.5) is 5.69 Å². The van der Waals surface area contributed by atoms with Gasteiger partial charge in [0.15, 0.2) is 12.0 Å². The fourth-order valence-electron chi connectivity index (χ4n) is 3.72. The predicted octanol–water partition coefficient (Wildman–Crippen LogP) is 4.47. The molecule has 1 saturated carbocycles. The maximum atomic E-state index is 12.8. The minimum Gasteiger partial charge on any atom is -0.443 e. The van der Waals surface area contributed by atoms with Gasteiger partial charge in [-0.15, -0.1) is 0 Å². The fraction of sp³-hybridized carbons (Fsp3) is 0.556. The van der Waals surface area contributed by atoms with Gasteiger partial charge in [0.1, 0.15) is 5.52 Å². The largest absolute Gasteiger partial charge is 0.443 e. The summed E-state index contributed by atoms with van der Waals surface area (Å²) in [4.78, 5) is 17.0. The van der Waals surface area contributed by atoms with Crippen LogP contribution in [0.25, 0.3) is 11.1 Å². The number of anilines is 1. The molecule has 1 aromatic carbocycles. The van der Waals surface area contributed by atoms with Crippen LogP contribution >= 0.6 is 0 Å². The number of oxazole rings is 1. The Morgan fingerprint density at radius 3 is 2.95 bits per heavy atom. The van der Waals surface area contributed by atoms with Crippen molar-refractivity contribution in [3.8, 4) is 0 Å². The number of nitrogens with zero attached hydrogens (tertiary/aromatic N) is 1. The quantitative estimate of drug-likeness (QED) is 0.909. The van der Waals surface area contributed by atoms with Crippen LogP contribution in [0.15, 0.2) is 29.0 Å². The SMILES string of the molecule is CC1CCC(C(C)C)C(C(=O)Nc2cccc3ocnc23)C1. The lowest BCUT2D eigenvalue weighted by Gasteiger charge is -2.36. The van der Waals surface area contributed by atoms with Gasteiger partial charge in [0.2, 0.25) is 5.91 Å². The van der Waals surface area contributed by atoms with Crippen molar-refractivity contribution in [2.75, 3.05) is 5.32 Å². The predicted molar refractivity (Wildman–Crippen MR) is 87.5 cm³/mol. The molecular formula is C18H24N2O2. The topological polar surface area (TPSA) is 55.1 Å². The van der Waals surface area contributed by atoms with E-state index in [2.05, 4.69) is 31.1 Å². The Labute approximate surface area is 131 Å². The Morgan fingerprint density at radius 1 is 1.36 bits per heavy atom. The molecule has 2 aromatic rings. The number of rotatable bonds is 3. The van der Waals surface area contributed by atoms with Gasteiger partial charge in [-0.25, -0.2) is 4.98 Å². The minimum absolute atomic E-state index is 0.0888. The van der Waals surface area contributed by atoms with Gasteiger partial charge in [-0.05, 0) is 42.7 Å². The maximum absolute atomic E-state index is 12.8. The lowest BCUT2D eigenvalue weighted by Crippen LogP contribution is -2.36. The van der Waals surface area contributed by atoms with E-state index in [1.54, 1.807) is 0 Å². The molecule has 0 radical (unpaired) electrons. The van der Waals surface area contributed by atoms with Crippen molar-refractivity contribution >= 4 is 22.7 Å². The summed E-state index contributed by atoms with van der Waals surface area (Å²) in [6.45, 7) is 6.69. The van der Waals surface area contributed by atoms with E-state index in [-0.39, 0.29) is 11.8 Å². The first kappa shape index (κ1) is 15.1. The summed E-state index contributed by atoms with van der Waals surface area (Å²) in [5.41, 5.74) is 2.17. The molecule has 0 saturated heterocycles. The van der Waals surface area contributed by atoms with Gasteiger partial charge in [0, 0.05) is 5.92 Å². The molecule has 0 spiro atoms. The summed E-state index contributed by atoms with van der Waals surface area (Å²) in [6, 6.07) is 5.63. The van der Waals surface area contributed by atoms with E-state index in [4.69, 9.17) is 4.42 Å². The van der Waals surface area contributed by atoms with Crippen LogP contribution < -0.4 is 5.32 Å². The molecule has 1 fully saturated rings. The number of para-hydroxylation sites is 1. The summed E-state index contributed by atoms with van der Waals surface area (Å²) in [5.74, 6) is 1.83. The Balaban J connectivity index is 1.81. The van der Waals surface area contributed by atoms with E-state index in [1.165, 1.54) is 12.8 Å². The monoisotopic (exact) mass is 300 g/mol. The van der Waals surface area contributed by atoms with Gasteiger partial charge in [0.05, 0.1) is 5.69 Å². The molecule has 0 aliphatic heterocycles. The molecule has 22 heavy (non-hydrogen) atoms. The highest BCUT2D eigenvalue weighted by Gasteiger charge is 2.35. The second-order valence-corrected chi connectivity index (χ2v) is 6.93. The number of nitrogens with one attached hydrogen (secondary N) is 1. The molecule has 1 N–H and O–H groups in total. The summed E-state index contributed by atoms with van der Waals surface area (Å²) in [6.07, 6.45) is 4.76. The zero-order valence-corrected chi connectivity index (χ0v) is 13.5. The first-order valence-electron chi connectivity index (χ1n) is 8.19. The zero-order valence-electron chi connectivity index (χ0n) is 13.5. The number of fused-ring (bicyclic) bond motifs is 1. The molecule has 0 bridgehead atoms. The Bertz CT molecular complexity index is 662. The van der Waals surface area contributed by atoms with E-state index in [1.807, 2.05) is 18.2 Å². The van der Waals surface area contributed by atoms with Crippen molar-refractivity contribution in [3.05, 3.63) is 24.6 Å². The number of benzene rings is 1. The van der Waals surface area contributed by atoms with Gasteiger partial charge in [-0.3, -0.25) is 4.79 Å². The Kier molecular flexibility index (Phi) is 4.19. The van der Waals surface area contributed by atoms with Crippen LogP contribution in [0, 0.1) is 23.7 Å². The van der Waals surface area contributed by atoms with Gasteiger partial charge in [-0.1, -0.05) is 33.3 Å². The van der Waals surface area contributed by atoms with E-state index >= 15 is 0 Å². The van der Waals surface area contributed by atoms with Gasteiger partial charge < -0.3 is 9.73 Å². The van der Waals surface area contributed by atoms with Crippen molar-refractivity contribution < 1.29 is 9.21 Å². The molecule has 3 rings (SSSR count). The van der Waals surface area contributed by atoms with E-state index in [0.29, 0.717) is 23.3 Å². The van der Waals surface area contributed by atoms with Crippen molar-refractivity contribution in [1.29, 1.82) is 0 Å². The third-order valence-corrected chi connectivity index (χ3v) is 4.98. The maximum Gasteiger partial charge on any atom is 0.227 e. The molecular weight excluding hydrogens is 276 g/mol. The number of hydrogen-bond donors (Lipinski definition) is 1. The molecule has 1 aliphatic rings. The number of carbonyl (C=O) groups excluding carboxylic acids is 1. The van der Waals surface area contributed by atoms with Crippen LogP contribution in [-0.2, 0) is 4.79 Å². The molecule has 1 heterocycles. The normalized spacial score (nSPS) is 25.5. The van der Waals surface area contributed by atoms with Gasteiger partial charge in [-0.2, -0.15) is 0 Å². The van der Waals surface area contributed by atoms with Crippen LogP contribution in [0.2, 0.25) is 0 Å². The highest BCUT2D eigenvalue weighted by Crippen LogP contribution is 2.38. The molecule has 4 nitrogen and oxygen atoms in total. The Morgan fingerprint density at radius 2 is 2.18 bits per heavy atom. The Hall–Kier alpha value is -1.84. The van der Waals surface area contributed by atoms with Crippen molar-refractivity contribution in [1.82, 2.24) is 4.98 Å². The lowest BCUT2D eigenvalue weighted by molar-refractivity contribution is -0.123. The molecule has 1 aromatic heterocycles. The van der Waals surface area contributed by atoms with Crippen molar-refractivity contribution in [2.45, 2.75) is 40.0 Å². The summed E-state index contributed by atoms with van der Waals surface area (Å²) in [5, 5.41) is 3.08. The summed E-state index contributed by atoms with van der Waals surface area (Å²) in [7, 11) is 0. The lowest BCUT2D eigenvalue weighted by atomic mass is 9.70. The van der Waals surface area contributed by atoms with Crippen molar-refractivity contribution in [3.63, 3.8) is 0 Å². The van der Waals surface area contributed by atoms with Crippen LogP contribution in [-0.4, -0.2) is 10.9 Å². The van der Waals surface area contributed by atoms with E-state index in [9.17, 15) is 4.79 Å². The number of carbonyl (C=O) groups is 1. The molecule has 3 unspecified atom stereocenters. The molecule has 1 aliphatic carbocycles. The molecule has 4 heteroatoms. The van der Waals surface area contributed by atoms with Crippen LogP contribution in [0.5, 0.6) is 0 Å². The van der Waals surface area contributed by atoms with E-state index < -0.39 is 0 Å².